The number of ether oxygens (including phenoxy) is 1. The summed E-state index contributed by atoms with van der Waals surface area (Å²) in [4.78, 5) is 27.7. The molecule has 2 rings (SSSR count). The SMILES string of the molecule is CC[C@@H](C(=O)NCC(C)C)N(Cc1c(Cl)cccc1Cl)C(=O)COc1cc(C)cc(C)c1. The first kappa shape index (κ1) is 26.0. The Morgan fingerprint density at radius 1 is 1.06 bits per heavy atom. The lowest BCUT2D eigenvalue weighted by molar-refractivity contribution is -0.143. The van der Waals surface area contributed by atoms with Crippen molar-refractivity contribution in [2.24, 2.45) is 5.92 Å². The highest BCUT2D eigenvalue weighted by atomic mass is 35.5. The number of aryl methyl sites for hydroxylation is 2. The van der Waals surface area contributed by atoms with Crippen LogP contribution >= 0.6 is 23.2 Å². The smallest absolute Gasteiger partial charge is 0.261 e. The Kier molecular flexibility index (Phi) is 9.85. The van der Waals surface area contributed by atoms with Crippen LogP contribution in [0.3, 0.4) is 0 Å². The minimum absolute atomic E-state index is 0.112. The van der Waals surface area contributed by atoms with Crippen LogP contribution in [0.15, 0.2) is 36.4 Å². The number of benzene rings is 2. The van der Waals surface area contributed by atoms with Crippen molar-refractivity contribution >= 4 is 35.0 Å². The molecule has 32 heavy (non-hydrogen) atoms. The highest BCUT2D eigenvalue weighted by Crippen LogP contribution is 2.27. The summed E-state index contributed by atoms with van der Waals surface area (Å²) in [5, 5.41) is 3.83. The number of nitrogens with zero attached hydrogens (tertiary/aromatic N) is 1. The van der Waals surface area contributed by atoms with Gasteiger partial charge in [0.15, 0.2) is 6.61 Å². The molecule has 2 amide bonds. The van der Waals surface area contributed by atoms with E-state index in [-0.39, 0.29) is 25.0 Å². The van der Waals surface area contributed by atoms with Crippen LogP contribution in [0.25, 0.3) is 0 Å². The van der Waals surface area contributed by atoms with Crippen LogP contribution in [0.2, 0.25) is 10.0 Å². The molecular weight excluding hydrogens is 447 g/mol. The van der Waals surface area contributed by atoms with Crippen LogP contribution in [0.1, 0.15) is 43.9 Å². The minimum atomic E-state index is -0.670. The zero-order valence-electron chi connectivity index (χ0n) is 19.4. The Hall–Kier alpha value is -2.24. The molecule has 0 unspecified atom stereocenters. The maximum Gasteiger partial charge on any atom is 0.261 e. The molecule has 0 spiro atoms. The monoisotopic (exact) mass is 478 g/mol. The second-order valence-electron chi connectivity index (χ2n) is 8.40. The average molecular weight is 479 g/mol. The van der Waals surface area contributed by atoms with E-state index in [9.17, 15) is 9.59 Å². The normalized spacial score (nSPS) is 11.9. The van der Waals surface area contributed by atoms with Gasteiger partial charge in [-0.3, -0.25) is 9.59 Å². The zero-order valence-corrected chi connectivity index (χ0v) is 20.9. The topological polar surface area (TPSA) is 58.6 Å². The van der Waals surface area contributed by atoms with Gasteiger partial charge in [-0.2, -0.15) is 0 Å². The Bertz CT molecular complexity index is 906. The predicted octanol–water partition coefficient (Wildman–Crippen LogP) is 5.57. The van der Waals surface area contributed by atoms with Gasteiger partial charge in [0.05, 0.1) is 0 Å². The van der Waals surface area contributed by atoms with Crippen molar-refractivity contribution in [1.29, 1.82) is 0 Å². The van der Waals surface area contributed by atoms with Gasteiger partial charge in [-0.05, 0) is 61.6 Å². The molecular formula is C25H32Cl2N2O3. The molecule has 0 bridgehead atoms. The fourth-order valence-corrected chi connectivity index (χ4v) is 3.96. The van der Waals surface area contributed by atoms with E-state index in [2.05, 4.69) is 5.32 Å². The summed E-state index contributed by atoms with van der Waals surface area (Å²) in [6.07, 6.45) is 0.446. The third-order valence-electron chi connectivity index (χ3n) is 5.02. The molecule has 1 N–H and O–H groups in total. The quantitative estimate of drug-likeness (QED) is 0.485. The molecule has 0 aliphatic rings. The van der Waals surface area contributed by atoms with Crippen molar-refractivity contribution in [3.05, 3.63) is 63.1 Å². The van der Waals surface area contributed by atoms with Crippen LogP contribution in [-0.2, 0) is 16.1 Å². The van der Waals surface area contributed by atoms with Gasteiger partial charge in [-0.15, -0.1) is 0 Å². The lowest BCUT2D eigenvalue weighted by Gasteiger charge is -2.31. The molecule has 7 heteroatoms. The van der Waals surface area contributed by atoms with E-state index < -0.39 is 6.04 Å². The third kappa shape index (κ3) is 7.42. The molecule has 0 heterocycles. The van der Waals surface area contributed by atoms with Gasteiger partial charge in [-0.1, -0.05) is 56.1 Å². The lowest BCUT2D eigenvalue weighted by Crippen LogP contribution is -2.50. The van der Waals surface area contributed by atoms with Crippen LogP contribution in [0.5, 0.6) is 5.75 Å². The number of amides is 2. The summed E-state index contributed by atoms with van der Waals surface area (Å²) >= 11 is 12.7. The maximum absolute atomic E-state index is 13.3. The molecule has 2 aromatic rings. The molecule has 0 aliphatic heterocycles. The molecule has 2 aromatic carbocycles. The van der Waals surface area contributed by atoms with Crippen LogP contribution in [-0.4, -0.2) is 35.9 Å². The number of hydrogen-bond donors (Lipinski definition) is 1. The standard InChI is InChI=1S/C25H32Cl2N2O3/c1-6-23(25(31)28-13-16(2)3)29(14-20-21(26)8-7-9-22(20)27)24(30)15-32-19-11-17(4)10-18(5)12-19/h7-12,16,23H,6,13-15H2,1-5H3,(H,28,31)/t23-/m0/s1. The number of rotatable bonds is 10. The highest BCUT2D eigenvalue weighted by Gasteiger charge is 2.30. The van der Waals surface area contributed by atoms with Crippen molar-refractivity contribution in [3.63, 3.8) is 0 Å². The molecule has 0 saturated carbocycles. The fourth-order valence-electron chi connectivity index (χ4n) is 3.44. The van der Waals surface area contributed by atoms with E-state index in [0.717, 1.165) is 11.1 Å². The second-order valence-corrected chi connectivity index (χ2v) is 9.21. The van der Waals surface area contributed by atoms with Crippen molar-refractivity contribution in [1.82, 2.24) is 10.2 Å². The lowest BCUT2D eigenvalue weighted by atomic mass is 10.1. The molecule has 0 aliphatic carbocycles. The third-order valence-corrected chi connectivity index (χ3v) is 5.73. The van der Waals surface area contributed by atoms with E-state index in [0.29, 0.717) is 40.2 Å². The largest absolute Gasteiger partial charge is 0.484 e. The minimum Gasteiger partial charge on any atom is -0.484 e. The predicted molar refractivity (Wildman–Crippen MR) is 130 cm³/mol. The summed E-state index contributed by atoms with van der Waals surface area (Å²) in [6.45, 7) is 10.3. The van der Waals surface area contributed by atoms with Gasteiger partial charge in [0.1, 0.15) is 11.8 Å². The molecule has 0 fully saturated rings. The maximum atomic E-state index is 13.3. The van der Waals surface area contributed by atoms with Gasteiger partial charge in [0.25, 0.3) is 5.91 Å². The first-order valence-corrected chi connectivity index (χ1v) is 11.6. The van der Waals surface area contributed by atoms with E-state index in [4.69, 9.17) is 27.9 Å². The van der Waals surface area contributed by atoms with Crippen LogP contribution in [0.4, 0.5) is 0 Å². The van der Waals surface area contributed by atoms with Crippen molar-refractivity contribution in [2.45, 2.75) is 53.6 Å². The van der Waals surface area contributed by atoms with Crippen LogP contribution in [0, 0.1) is 19.8 Å². The molecule has 0 aromatic heterocycles. The average Bonchev–Trinajstić information content (AvgIpc) is 2.71. The van der Waals surface area contributed by atoms with Crippen molar-refractivity contribution < 1.29 is 14.3 Å². The van der Waals surface area contributed by atoms with E-state index in [1.165, 1.54) is 4.90 Å². The van der Waals surface area contributed by atoms with Gasteiger partial charge >= 0.3 is 0 Å². The molecule has 174 valence electrons. The zero-order chi connectivity index (χ0) is 23.8. The summed E-state index contributed by atoms with van der Waals surface area (Å²) in [5.41, 5.74) is 2.70. The molecule has 1 atom stereocenters. The van der Waals surface area contributed by atoms with E-state index >= 15 is 0 Å². The first-order chi connectivity index (χ1) is 15.1. The Balaban J connectivity index is 2.28. The summed E-state index contributed by atoms with van der Waals surface area (Å²) in [5.74, 6) is 0.395. The summed E-state index contributed by atoms with van der Waals surface area (Å²) in [7, 11) is 0. The molecule has 5 nitrogen and oxygen atoms in total. The number of hydrogen-bond acceptors (Lipinski definition) is 3. The van der Waals surface area contributed by atoms with Gasteiger partial charge < -0.3 is 15.0 Å². The van der Waals surface area contributed by atoms with Gasteiger partial charge in [-0.25, -0.2) is 0 Å². The first-order valence-electron chi connectivity index (χ1n) is 10.8. The van der Waals surface area contributed by atoms with Gasteiger partial charge in [0, 0.05) is 28.7 Å². The van der Waals surface area contributed by atoms with Gasteiger partial charge in [0.2, 0.25) is 5.91 Å². The summed E-state index contributed by atoms with van der Waals surface area (Å²) in [6, 6.07) is 10.3. The van der Waals surface area contributed by atoms with E-state index in [1.807, 2.05) is 52.8 Å². The molecule has 0 radical (unpaired) electrons. The van der Waals surface area contributed by atoms with Crippen LogP contribution < -0.4 is 10.1 Å². The Labute approximate surface area is 201 Å². The number of nitrogens with one attached hydrogen (secondary N) is 1. The number of halogens is 2. The summed E-state index contributed by atoms with van der Waals surface area (Å²) < 4.78 is 5.79. The molecule has 0 saturated heterocycles. The highest BCUT2D eigenvalue weighted by molar-refractivity contribution is 6.36. The second kappa shape index (κ2) is 12.1. The van der Waals surface area contributed by atoms with E-state index in [1.54, 1.807) is 18.2 Å². The number of carbonyl (C=O) groups is 2. The number of carbonyl (C=O) groups excluding carboxylic acids is 2. The van der Waals surface area contributed by atoms with Crippen molar-refractivity contribution in [2.75, 3.05) is 13.2 Å². The fraction of sp³-hybridized carbons (Fsp3) is 0.440. The van der Waals surface area contributed by atoms with Crippen molar-refractivity contribution in [3.8, 4) is 5.75 Å². The Morgan fingerprint density at radius 2 is 1.66 bits per heavy atom. The Morgan fingerprint density at radius 3 is 2.19 bits per heavy atom.